The van der Waals surface area contributed by atoms with Crippen molar-refractivity contribution in [2.45, 2.75) is 45.6 Å². The highest BCUT2D eigenvalue weighted by Crippen LogP contribution is 2.40. The Balaban J connectivity index is 1.37. The fraction of sp³-hybridized carbons (Fsp3) is 0.609. The summed E-state index contributed by atoms with van der Waals surface area (Å²) in [6.45, 7) is 7.50. The van der Waals surface area contributed by atoms with Gasteiger partial charge in [0.1, 0.15) is 0 Å². The number of nitrogens with zero attached hydrogens (tertiary/aromatic N) is 4. The molecule has 2 fully saturated rings. The summed E-state index contributed by atoms with van der Waals surface area (Å²) in [6.07, 6.45) is 4.96. The van der Waals surface area contributed by atoms with Crippen molar-refractivity contribution in [1.82, 2.24) is 19.8 Å². The molecule has 1 aromatic heterocycles. The standard InChI is InChI=1S/C23H32N4O2/c1-18-21(25-20-7-4-3-6-19(20)24-18)16-26-13-10-23(11-14-26)9-8-22(28)27(17-23)12-5-15-29-2/h3-4,6-7H,5,8-17H2,1-2H3. The fourth-order valence-electron chi connectivity index (χ4n) is 4.79. The van der Waals surface area contributed by atoms with Crippen molar-refractivity contribution in [1.29, 1.82) is 0 Å². The zero-order valence-electron chi connectivity index (χ0n) is 17.7. The van der Waals surface area contributed by atoms with Gasteiger partial charge in [0.25, 0.3) is 0 Å². The van der Waals surface area contributed by atoms with Crippen LogP contribution in [0, 0.1) is 12.3 Å². The maximum Gasteiger partial charge on any atom is 0.222 e. The first-order valence-corrected chi connectivity index (χ1v) is 10.8. The summed E-state index contributed by atoms with van der Waals surface area (Å²) in [5.41, 5.74) is 4.34. The lowest BCUT2D eigenvalue weighted by atomic mass is 9.72. The molecule has 0 bridgehead atoms. The molecular formula is C23H32N4O2. The number of benzene rings is 1. The van der Waals surface area contributed by atoms with E-state index in [9.17, 15) is 4.79 Å². The molecule has 2 aliphatic heterocycles. The molecular weight excluding hydrogens is 364 g/mol. The minimum Gasteiger partial charge on any atom is -0.385 e. The Labute approximate surface area is 173 Å². The zero-order chi connectivity index (χ0) is 20.3. The monoisotopic (exact) mass is 396 g/mol. The molecule has 0 atom stereocenters. The van der Waals surface area contributed by atoms with Gasteiger partial charge < -0.3 is 9.64 Å². The summed E-state index contributed by atoms with van der Waals surface area (Å²) in [5, 5.41) is 0. The first kappa shape index (κ1) is 20.2. The molecule has 4 rings (SSSR count). The molecule has 1 aromatic carbocycles. The lowest BCUT2D eigenvalue weighted by molar-refractivity contribution is -0.139. The molecule has 29 heavy (non-hydrogen) atoms. The van der Waals surface area contributed by atoms with Crippen LogP contribution in [0.4, 0.5) is 0 Å². The van der Waals surface area contributed by atoms with Crippen molar-refractivity contribution in [2.24, 2.45) is 5.41 Å². The first-order chi connectivity index (χ1) is 14.1. The number of carbonyl (C=O) groups is 1. The molecule has 1 amide bonds. The minimum atomic E-state index is 0.293. The number of hydrogen-bond donors (Lipinski definition) is 0. The van der Waals surface area contributed by atoms with E-state index in [0.717, 1.165) is 87.4 Å². The molecule has 6 heteroatoms. The topological polar surface area (TPSA) is 58.6 Å². The Kier molecular flexibility index (Phi) is 6.11. The van der Waals surface area contributed by atoms with Crippen LogP contribution in [0.2, 0.25) is 0 Å². The third-order valence-electron chi connectivity index (χ3n) is 6.66. The Morgan fingerprint density at radius 2 is 1.83 bits per heavy atom. The van der Waals surface area contributed by atoms with Gasteiger partial charge in [-0.1, -0.05) is 12.1 Å². The van der Waals surface area contributed by atoms with Crippen molar-refractivity contribution in [3.63, 3.8) is 0 Å². The maximum absolute atomic E-state index is 12.3. The fourth-order valence-corrected chi connectivity index (χ4v) is 4.79. The minimum absolute atomic E-state index is 0.293. The molecule has 0 aliphatic carbocycles. The molecule has 2 aliphatic rings. The predicted octanol–water partition coefficient (Wildman–Crippen LogP) is 3.18. The van der Waals surface area contributed by atoms with Crippen LogP contribution in [0.3, 0.4) is 0 Å². The van der Waals surface area contributed by atoms with Crippen molar-refractivity contribution < 1.29 is 9.53 Å². The number of ether oxygens (including phenoxy) is 1. The smallest absolute Gasteiger partial charge is 0.222 e. The van der Waals surface area contributed by atoms with Crippen molar-refractivity contribution in [3.8, 4) is 0 Å². The lowest BCUT2D eigenvalue weighted by Gasteiger charge is -2.47. The van der Waals surface area contributed by atoms with E-state index in [1.165, 1.54) is 0 Å². The van der Waals surface area contributed by atoms with Gasteiger partial charge in [-0.2, -0.15) is 0 Å². The molecule has 3 heterocycles. The number of aryl methyl sites for hydroxylation is 1. The lowest BCUT2D eigenvalue weighted by Crippen LogP contribution is -2.51. The Morgan fingerprint density at radius 3 is 2.55 bits per heavy atom. The Hall–Kier alpha value is -2.05. The Morgan fingerprint density at radius 1 is 1.10 bits per heavy atom. The quantitative estimate of drug-likeness (QED) is 0.702. The number of carbonyl (C=O) groups excluding carboxylic acids is 1. The van der Waals surface area contributed by atoms with Gasteiger partial charge in [-0.25, -0.2) is 9.97 Å². The number of hydrogen-bond acceptors (Lipinski definition) is 5. The molecule has 0 N–H and O–H groups in total. The highest BCUT2D eigenvalue weighted by molar-refractivity contribution is 5.77. The first-order valence-electron chi connectivity index (χ1n) is 10.8. The van der Waals surface area contributed by atoms with Crippen LogP contribution in [0.15, 0.2) is 24.3 Å². The van der Waals surface area contributed by atoms with Crippen molar-refractivity contribution in [3.05, 3.63) is 35.7 Å². The predicted molar refractivity (Wildman–Crippen MR) is 114 cm³/mol. The van der Waals surface area contributed by atoms with Crippen LogP contribution >= 0.6 is 0 Å². The van der Waals surface area contributed by atoms with Crippen molar-refractivity contribution in [2.75, 3.05) is 39.9 Å². The van der Waals surface area contributed by atoms with E-state index >= 15 is 0 Å². The Bertz CT molecular complexity index is 861. The van der Waals surface area contributed by atoms with E-state index in [-0.39, 0.29) is 0 Å². The van der Waals surface area contributed by atoms with E-state index in [4.69, 9.17) is 14.7 Å². The highest BCUT2D eigenvalue weighted by atomic mass is 16.5. The van der Waals surface area contributed by atoms with Gasteiger partial charge in [0.15, 0.2) is 0 Å². The number of likely N-dealkylation sites (tertiary alicyclic amines) is 2. The third-order valence-corrected chi connectivity index (χ3v) is 6.66. The molecule has 1 spiro atoms. The second-order valence-electron chi connectivity index (χ2n) is 8.68. The number of amides is 1. The van der Waals surface area contributed by atoms with Gasteiger partial charge in [-0.3, -0.25) is 9.69 Å². The number of methoxy groups -OCH3 is 1. The average Bonchev–Trinajstić information content (AvgIpc) is 2.73. The van der Waals surface area contributed by atoms with E-state index in [0.29, 0.717) is 17.7 Å². The second-order valence-corrected chi connectivity index (χ2v) is 8.68. The molecule has 156 valence electrons. The van der Waals surface area contributed by atoms with Gasteiger partial charge in [0, 0.05) is 39.8 Å². The molecule has 6 nitrogen and oxygen atoms in total. The molecule has 0 unspecified atom stereocenters. The number of para-hydroxylation sites is 2. The summed E-state index contributed by atoms with van der Waals surface area (Å²) in [5.74, 6) is 0.316. The van der Waals surface area contributed by atoms with Crippen LogP contribution in [0.5, 0.6) is 0 Å². The number of aromatic nitrogens is 2. The number of rotatable bonds is 6. The van der Waals surface area contributed by atoms with Gasteiger partial charge in [-0.05, 0) is 63.2 Å². The summed E-state index contributed by atoms with van der Waals surface area (Å²) >= 11 is 0. The van der Waals surface area contributed by atoms with E-state index in [2.05, 4.69) is 16.7 Å². The zero-order valence-corrected chi connectivity index (χ0v) is 17.7. The second kappa shape index (κ2) is 8.76. The number of fused-ring (bicyclic) bond motifs is 1. The maximum atomic E-state index is 12.3. The van der Waals surface area contributed by atoms with Crippen molar-refractivity contribution >= 4 is 16.9 Å². The summed E-state index contributed by atoms with van der Waals surface area (Å²) in [7, 11) is 1.72. The summed E-state index contributed by atoms with van der Waals surface area (Å²) in [6, 6.07) is 8.08. The van der Waals surface area contributed by atoms with E-state index < -0.39 is 0 Å². The van der Waals surface area contributed by atoms with Gasteiger partial charge in [-0.15, -0.1) is 0 Å². The SMILES string of the molecule is COCCCN1CC2(CCC1=O)CCN(Cc1nc3ccccc3nc1C)CC2. The molecule has 0 radical (unpaired) electrons. The van der Waals surface area contributed by atoms with Gasteiger partial charge in [0.2, 0.25) is 5.91 Å². The molecule has 2 saturated heterocycles. The summed E-state index contributed by atoms with van der Waals surface area (Å²) < 4.78 is 5.16. The van der Waals surface area contributed by atoms with Crippen LogP contribution in [-0.2, 0) is 16.1 Å². The van der Waals surface area contributed by atoms with Crippen LogP contribution in [-0.4, -0.2) is 65.6 Å². The number of piperidine rings is 2. The van der Waals surface area contributed by atoms with Crippen LogP contribution < -0.4 is 0 Å². The molecule has 2 aromatic rings. The highest BCUT2D eigenvalue weighted by Gasteiger charge is 2.40. The largest absolute Gasteiger partial charge is 0.385 e. The van der Waals surface area contributed by atoms with Gasteiger partial charge >= 0.3 is 0 Å². The normalized spacial score (nSPS) is 19.9. The van der Waals surface area contributed by atoms with E-state index in [1.54, 1.807) is 7.11 Å². The van der Waals surface area contributed by atoms with Crippen LogP contribution in [0.25, 0.3) is 11.0 Å². The third kappa shape index (κ3) is 4.59. The van der Waals surface area contributed by atoms with Gasteiger partial charge in [0.05, 0.1) is 22.4 Å². The average molecular weight is 397 g/mol. The van der Waals surface area contributed by atoms with Crippen LogP contribution in [0.1, 0.15) is 43.5 Å². The van der Waals surface area contributed by atoms with E-state index in [1.807, 2.05) is 24.3 Å². The summed E-state index contributed by atoms with van der Waals surface area (Å²) in [4.78, 5) is 26.5. The molecule has 0 saturated carbocycles.